The molecule has 4 heteroatoms. The lowest BCUT2D eigenvalue weighted by atomic mass is 9.99. The molecule has 0 aromatic carbocycles. The molecule has 1 aliphatic rings. The molecule has 1 amide bonds. The molecule has 0 aromatic rings. The molecular formula is C14H25N3O. The van der Waals surface area contributed by atoms with E-state index in [1.165, 1.54) is 0 Å². The summed E-state index contributed by atoms with van der Waals surface area (Å²) >= 11 is 0. The van der Waals surface area contributed by atoms with Crippen LogP contribution >= 0.6 is 0 Å². The highest BCUT2D eigenvalue weighted by Gasteiger charge is 2.29. The van der Waals surface area contributed by atoms with Gasteiger partial charge in [-0.2, -0.15) is 5.26 Å². The molecule has 1 aliphatic carbocycles. The fraction of sp³-hybridized carbons (Fsp3) is 0.857. The van der Waals surface area contributed by atoms with Gasteiger partial charge in [-0.05, 0) is 39.0 Å². The second-order valence-corrected chi connectivity index (χ2v) is 5.59. The number of nitrogens with zero attached hydrogens (tertiary/aromatic N) is 1. The van der Waals surface area contributed by atoms with Crippen LogP contribution in [0.15, 0.2) is 0 Å². The molecule has 4 atom stereocenters. The Balaban J connectivity index is 2.29. The predicted molar refractivity (Wildman–Crippen MR) is 71.5 cm³/mol. The number of nitriles is 1. The second-order valence-electron chi connectivity index (χ2n) is 5.59. The summed E-state index contributed by atoms with van der Waals surface area (Å²) in [5, 5.41) is 12.0. The number of carbonyl (C=O) groups is 1. The Labute approximate surface area is 110 Å². The first-order valence-corrected chi connectivity index (χ1v) is 7.00. The van der Waals surface area contributed by atoms with Crippen molar-refractivity contribution in [1.29, 1.82) is 5.26 Å². The highest BCUT2D eigenvalue weighted by molar-refractivity contribution is 5.78. The lowest BCUT2D eigenvalue weighted by Gasteiger charge is -2.19. The van der Waals surface area contributed by atoms with Gasteiger partial charge in [-0.25, -0.2) is 0 Å². The van der Waals surface area contributed by atoms with Crippen molar-refractivity contribution in [3.63, 3.8) is 0 Å². The molecule has 4 unspecified atom stereocenters. The second kappa shape index (κ2) is 7.38. The monoisotopic (exact) mass is 251 g/mol. The molecule has 4 nitrogen and oxygen atoms in total. The van der Waals surface area contributed by atoms with Crippen molar-refractivity contribution in [3.05, 3.63) is 0 Å². The van der Waals surface area contributed by atoms with E-state index in [2.05, 4.69) is 11.4 Å². The zero-order valence-electron chi connectivity index (χ0n) is 11.5. The molecule has 0 spiro atoms. The number of nitrogens with two attached hydrogens (primary N) is 1. The van der Waals surface area contributed by atoms with Crippen LogP contribution in [-0.2, 0) is 4.79 Å². The van der Waals surface area contributed by atoms with E-state index in [9.17, 15) is 4.79 Å². The van der Waals surface area contributed by atoms with Gasteiger partial charge in [-0.1, -0.05) is 13.3 Å². The van der Waals surface area contributed by atoms with Crippen LogP contribution in [0.3, 0.4) is 0 Å². The summed E-state index contributed by atoms with van der Waals surface area (Å²) in [6.07, 6.45) is 5.72. The molecule has 1 fully saturated rings. The molecule has 0 aliphatic heterocycles. The smallest absolute Gasteiger partial charge is 0.223 e. The number of rotatable bonds is 6. The molecule has 1 rings (SSSR count). The van der Waals surface area contributed by atoms with E-state index in [0.29, 0.717) is 0 Å². The molecule has 0 heterocycles. The van der Waals surface area contributed by atoms with Gasteiger partial charge < -0.3 is 11.1 Å². The van der Waals surface area contributed by atoms with Crippen LogP contribution < -0.4 is 11.1 Å². The van der Waals surface area contributed by atoms with E-state index < -0.39 is 0 Å². The molecule has 0 bridgehead atoms. The van der Waals surface area contributed by atoms with Gasteiger partial charge in [0.25, 0.3) is 0 Å². The van der Waals surface area contributed by atoms with Gasteiger partial charge in [0.05, 0.1) is 12.0 Å². The quantitative estimate of drug-likeness (QED) is 0.757. The normalized spacial score (nSPS) is 26.3. The van der Waals surface area contributed by atoms with E-state index in [0.717, 1.165) is 38.5 Å². The van der Waals surface area contributed by atoms with Crippen molar-refractivity contribution < 1.29 is 4.79 Å². The van der Waals surface area contributed by atoms with Crippen LogP contribution in [0.5, 0.6) is 0 Å². The van der Waals surface area contributed by atoms with E-state index in [1.807, 2.05) is 13.8 Å². The van der Waals surface area contributed by atoms with Gasteiger partial charge in [-0.15, -0.1) is 0 Å². The van der Waals surface area contributed by atoms with Gasteiger partial charge >= 0.3 is 0 Å². The molecule has 102 valence electrons. The average Bonchev–Trinajstić information content (AvgIpc) is 2.75. The Kier molecular flexibility index (Phi) is 6.14. The lowest BCUT2D eigenvalue weighted by molar-refractivity contribution is -0.125. The van der Waals surface area contributed by atoms with Crippen LogP contribution in [0.4, 0.5) is 0 Å². The third kappa shape index (κ3) is 4.66. The summed E-state index contributed by atoms with van der Waals surface area (Å²) in [6, 6.07) is 2.56. The fourth-order valence-electron chi connectivity index (χ4n) is 2.49. The van der Waals surface area contributed by atoms with Crippen molar-refractivity contribution in [2.75, 3.05) is 0 Å². The van der Waals surface area contributed by atoms with Gasteiger partial charge in [0, 0.05) is 18.0 Å². The SMILES string of the molecule is CC(N)CCCC(C)C(=O)NC1CCCC1C#N. The maximum atomic E-state index is 12.0. The Morgan fingerprint density at radius 1 is 1.44 bits per heavy atom. The Morgan fingerprint density at radius 2 is 2.17 bits per heavy atom. The Bertz CT molecular complexity index is 309. The van der Waals surface area contributed by atoms with Crippen LogP contribution in [0.1, 0.15) is 52.4 Å². The first kappa shape index (κ1) is 15.0. The fourth-order valence-corrected chi connectivity index (χ4v) is 2.49. The van der Waals surface area contributed by atoms with Crippen LogP contribution in [0, 0.1) is 23.2 Å². The largest absolute Gasteiger partial charge is 0.352 e. The summed E-state index contributed by atoms with van der Waals surface area (Å²) in [7, 11) is 0. The van der Waals surface area contributed by atoms with E-state index >= 15 is 0 Å². The number of nitrogens with one attached hydrogen (secondary N) is 1. The number of amides is 1. The van der Waals surface area contributed by atoms with Crippen molar-refractivity contribution in [2.45, 2.75) is 64.5 Å². The summed E-state index contributed by atoms with van der Waals surface area (Å²) in [6.45, 7) is 3.94. The molecule has 3 N–H and O–H groups in total. The zero-order valence-corrected chi connectivity index (χ0v) is 11.5. The molecule has 1 saturated carbocycles. The first-order chi connectivity index (χ1) is 8.54. The summed E-state index contributed by atoms with van der Waals surface area (Å²) < 4.78 is 0. The number of hydrogen-bond donors (Lipinski definition) is 2. The van der Waals surface area contributed by atoms with Gasteiger partial charge in [0.2, 0.25) is 5.91 Å². The van der Waals surface area contributed by atoms with E-state index in [1.54, 1.807) is 0 Å². The minimum absolute atomic E-state index is 0.00483. The predicted octanol–water partition coefficient (Wildman–Crippen LogP) is 1.95. The maximum absolute atomic E-state index is 12.0. The Hall–Kier alpha value is -1.08. The number of hydrogen-bond acceptors (Lipinski definition) is 3. The molecule has 0 radical (unpaired) electrons. The maximum Gasteiger partial charge on any atom is 0.223 e. The zero-order chi connectivity index (χ0) is 13.5. The Morgan fingerprint density at radius 3 is 2.78 bits per heavy atom. The topological polar surface area (TPSA) is 78.9 Å². The van der Waals surface area contributed by atoms with Gasteiger partial charge in [-0.3, -0.25) is 4.79 Å². The number of carbonyl (C=O) groups excluding carboxylic acids is 1. The van der Waals surface area contributed by atoms with Gasteiger partial charge in [0.15, 0.2) is 0 Å². The van der Waals surface area contributed by atoms with Crippen molar-refractivity contribution in [1.82, 2.24) is 5.32 Å². The highest BCUT2D eigenvalue weighted by atomic mass is 16.1. The molecule has 0 saturated heterocycles. The third-order valence-corrected chi connectivity index (χ3v) is 3.75. The first-order valence-electron chi connectivity index (χ1n) is 7.00. The minimum Gasteiger partial charge on any atom is -0.352 e. The van der Waals surface area contributed by atoms with E-state index in [-0.39, 0.29) is 29.8 Å². The van der Waals surface area contributed by atoms with E-state index in [4.69, 9.17) is 11.0 Å². The average molecular weight is 251 g/mol. The van der Waals surface area contributed by atoms with Crippen molar-refractivity contribution in [3.8, 4) is 6.07 Å². The lowest BCUT2D eigenvalue weighted by Crippen LogP contribution is -2.39. The summed E-state index contributed by atoms with van der Waals surface area (Å²) in [4.78, 5) is 12.0. The van der Waals surface area contributed by atoms with Crippen LogP contribution in [0.25, 0.3) is 0 Å². The third-order valence-electron chi connectivity index (χ3n) is 3.75. The highest BCUT2D eigenvalue weighted by Crippen LogP contribution is 2.25. The van der Waals surface area contributed by atoms with Crippen molar-refractivity contribution in [2.24, 2.45) is 17.6 Å². The van der Waals surface area contributed by atoms with Gasteiger partial charge in [0.1, 0.15) is 0 Å². The molecular weight excluding hydrogens is 226 g/mol. The molecule has 18 heavy (non-hydrogen) atoms. The summed E-state index contributed by atoms with van der Waals surface area (Å²) in [5.41, 5.74) is 5.69. The van der Waals surface area contributed by atoms with Crippen LogP contribution in [0.2, 0.25) is 0 Å². The van der Waals surface area contributed by atoms with Crippen LogP contribution in [-0.4, -0.2) is 18.0 Å². The summed E-state index contributed by atoms with van der Waals surface area (Å²) in [5.74, 6) is 0.112. The van der Waals surface area contributed by atoms with Crippen molar-refractivity contribution >= 4 is 5.91 Å². The minimum atomic E-state index is 0.00483. The standard InChI is InChI=1S/C14H25N3O/c1-10(5-3-6-11(2)16)14(18)17-13-8-4-7-12(13)9-15/h10-13H,3-8,16H2,1-2H3,(H,17,18). The molecule has 0 aromatic heterocycles.